The summed E-state index contributed by atoms with van der Waals surface area (Å²) in [4.78, 5) is 11.8. The Kier molecular flexibility index (Phi) is 3.55. The maximum Gasteiger partial charge on any atom is 0.185 e. The Morgan fingerprint density at radius 2 is 1.94 bits per heavy atom. The van der Waals surface area contributed by atoms with Crippen molar-refractivity contribution < 1.29 is 9.53 Å². The highest BCUT2D eigenvalue weighted by Crippen LogP contribution is 2.14. The first-order valence-electron chi connectivity index (χ1n) is 5.38. The second-order valence-corrected chi connectivity index (χ2v) is 3.64. The molecule has 2 heteroatoms. The Morgan fingerprint density at radius 3 is 2.53 bits per heavy atom. The molecule has 1 aromatic rings. The molecule has 0 unspecified atom stereocenters. The molecule has 17 heavy (non-hydrogen) atoms. The van der Waals surface area contributed by atoms with Crippen molar-refractivity contribution in [1.82, 2.24) is 0 Å². The van der Waals surface area contributed by atoms with E-state index in [1.54, 1.807) is 37.5 Å². The molecule has 0 aliphatic heterocycles. The molecule has 0 saturated heterocycles. The van der Waals surface area contributed by atoms with Crippen molar-refractivity contribution >= 4 is 5.78 Å². The molecule has 2 rings (SSSR count). The van der Waals surface area contributed by atoms with Crippen LogP contribution in [0.15, 0.2) is 60.2 Å². The van der Waals surface area contributed by atoms with Crippen LogP contribution in [0.4, 0.5) is 0 Å². The summed E-state index contributed by atoms with van der Waals surface area (Å²) in [6.45, 7) is 0. The average molecular weight is 225 g/mol. The minimum atomic E-state index is -0.00569. The fourth-order valence-electron chi connectivity index (χ4n) is 1.52. The van der Waals surface area contributed by atoms with E-state index in [1.807, 2.05) is 30.7 Å². The third-order valence-corrected chi connectivity index (χ3v) is 2.49. The van der Waals surface area contributed by atoms with Gasteiger partial charge in [-0.15, -0.1) is 0 Å². The summed E-state index contributed by atoms with van der Waals surface area (Å²) in [5, 5.41) is 0. The van der Waals surface area contributed by atoms with E-state index in [4.69, 9.17) is 4.74 Å². The fourth-order valence-corrected chi connectivity index (χ4v) is 1.52. The lowest BCUT2D eigenvalue weighted by molar-refractivity contribution is 0.104. The lowest BCUT2D eigenvalue weighted by Gasteiger charge is -2.00. The van der Waals surface area contributed by atoms with E-state index in [0.717, 1.165) is 11.3 Å². The molecule has 1 aromatic carbocycles. The van der Waals surface area contributed by atoms with E-state index >= 15 is 0 Å². The SMILES string of the molecule is COc1ccc(C(=O)/C=C/C2=CC=C[CH]2)cc1. The normalized spacial score (nSPS) is 14.1. The van der Waals surface area contributed by atoms with Crippen molar-refractivity contribution in [2.24, 2.45) is 0 Å². The lowest BCUT2D eigenvalue weighted by atomic mass is 10.1. The Hall–Kier alpha value is -2.09. The number of ketones is 1. The van der Waals surface area contributed by atoms with Crippen molar-refractivity contribution in [3.05, 3.63) is 72.2 Å². The van der Waals surface area contributed by atoms with Gasteiger partial charge in [-0.05, 0) is 35.9 Å². The highest BCUT2D eigenvalue weighted by Gasteiger charge is 2.02. The smallest absolute Gasteiger partial charge is 0.185 e. The molecule has 0 bridgehead atoms. The molecule has 2 nitrogen and oxygen atoms in total. The average Bonchev–Trinajstić information content (AvgIpc) is 2.89. The summed E-state index contributed by atoms with van der Waals surface area (Å²) in [7, 11) is 1.60. The quantitative estimate of drug-likeness (QED) is 0.581. The Labute approximate surface area is 101 Å². The predicted molar refractivity (Wildman–Crippen MR) is 68.0 cm³/mol. The molecule has 0 saturated carbocycles. The minimum Gasteiger partial charge on any atom is -0.497 e. The molecule has 0 spiro atoms. The van der Waals surface area contributed by atoms with Gasteiger partial charge in [-0.25, -0.2) is 0 Å². The van der Waals surface area contributed by atoms with Crippen LogP contribution < -0.4 is 4.74 Å². The van der Waals surface area contributed by atoms with Gasteiger partial charge in [-0.2, -0.15) is 0 Å². The zero-order valence-corrected chi connectivity index (χ0v) is 9.59. The summed E-state index contributed by atoms with van der Waals surface area (Å²) < 4.78 is 5.04. The number of carbonyl (C=O) groups excluding carboxylic acids is 1. The molecule has 0 N–H and O–H groups in total. The van der Waals surface area contributed by atoms with Crippen LogP contribution in [0.25, 0.3) is 0 Å². The zero-order valence-electron chi connectivity index (χ0n) is 9.59. The van der Waals surface area contributed by atoms with Gasteiger partial charge in [0.1, 0.15) is 5.75 Å². The van der Waals surface area contributed by atoms with Crippen molar-refractivity contribution in [3.63, 3.8) is 0 Å². The topological polar surface area (TPSA) is 26.3 Å². The first-order chi connectivity index (χ1) is 8.29. The van der Waals surface area contributed by atoms with Gasteiger partial charge in [-0.3, -0.25) is 4.79 Å². The molecule has 0 fully saturated rings. The summed E-state index contributed by atoms with van der Waals surface area (Å²) in [5.41, 5.74) is 1.69. The summed E-state index contributed by atoms with van der Waals surface area (Å²) >= 11 is 0. The van der Waals surface area contributed by atoms with Crippen LogP contribution in [0.2, 0.25) is 0 Å². The van der Waals surface area contributed by atoms with Crippen molar-refractivity contribution in [1.29, 1.82) is 0 Å². The van der Waals surface area contributed by atoms with Gasteiger partial charge in [0.15, 0.2) is 5.78 Å². The van der Waals surface area contributed by atoms with Crippen LogP contribution in [0.3, 0.4) is 0 Å². The number of ether oxygens (including phenoxy) is 1. The standard InChI is InChI=1S/C15H13O2/c1-17-14-9-7-13(8-10-14)15(16)11-6-12-4-2-3-5-12/h2-11H,1H3/b11-6+. The van der Waals surface area contributed by atoms with Crippen LogP contribution in [-0.2, 0) is 0 Å². The number of rotatable bonds is 4. The molecule has 0 atom stereocenters. The highest BCUT2D eigenvalue weighted by molar-refractivity contribution is 6.04. The second-order valence-electron chi connectivity index (χ2n) is 3.64. The third kappa shape index (κ3) is 2.94. The van der Waals surface area contributed by atoms with Crippen LogP contribution in [-0.4, -0.2) is 12.9 Å². The van der Waals surface area contributed by atoms with E-state index in [1.165, 1.54) is 0 Å². The van der Waals surface area contributed by atoms with Gasteiger partial charge in [-0.1, -0.05) is 24.3 Å². The van der Waals surface area contributed by atoms with Gasteiger partial charge >= 0.3 is 0 Å². The maximum atomic E-state index is 11.8. The second kappa shape index (κ2) is 5.30. The first-order valence-corrected chi connectivity index (χ1v) is 5.38. The monoisotopic (exact) mass is 225 g/mol. The minimum absolute atomic E-state index is 0.00569. The Morgan fingerprint density at radius 1 is 1.18 bits per heavy atom. The van der Waals surface area contributed by atoms with E-state index in [9.17, 15) is 4.79 Å². The molecule has 1 aliphatic rings. The number of hydrogen-bond donors (Lipinski definition) is 0. The lowest BCUT2D eigenvalue weighted by Crippen LogP contribution is -1.94. The third-order valence-electron chi connectivity index (χ3n) is 2.49. The van der Waals surface area contributed by atoms with Crippen molar-refractivity contribution in [2.45, 2.75) is 0 Å². The molecule has 0 aromatic heterocycles. The predicted octanol–water partition coefficient (Wildman–Crippen LogP) is 3.13. The molecule has 1 radical (unpaired) electrons. The van der Waals surface area contributed by atoms with Gasteiger partial charge in [0, 0.05) is 12.0 Å². The van der Waals surface area contributed by atoms with Gasteiger partial charge in [0.2, 0.25) is 0 Å². The van der Waals surface area contributed by atoms with E-state index in [0.29, 0.717) is 5.56 Å². The van der Waals surface area contributed by atoms with Crippen LogP contribution in [0.5, 0.6) is 5.75 Å². The summed E-state index contributed by atoms with van der Waals surface area (Å²) in [5.74, 6) is 0.746. The summed E-state index contributed by atoms with van der Waals surface area (Å²) in [6.07, 6.45) is 11.2. The van der Waals surface area contributed by atoms with Crippen LogP contribution >= 0.6 is 0 Å². The Bertz CT molecular complexity index is 490. The van der Waals surface area contributed by atoms with Crippen molar-refractivity contribution in [2.75, 3.05) is 7.11 Å². The number of carbonyl (C=O) groups is 1. The van der Waals surface area contributed by atoms with Crippen LogP contribution in [0.1, 0.15) is 10.4 Å². The molecular weight excluding hydrogens is 212 g/mol. The van der Waals surface area contributed by atoms with Crippen LogP contribution in [0, 0.1) is 6.42 Å². The molecular formula is C15H13O2. The highest BCUT2D eigenvalue weighted by atomic mass is 16.5. The van der Waals surface area contributed by atoms with Gasteiger partial charge in [0.25, 0.3) is 0 Å². The molecule has 85 valence electrons. The zero-order chi connectivity index (χ0) is 12.1. The number of benzene rings is 1. The van der Waals surface area contributed by atoms with Crippen molar-refractivity contribution in [3.8, 4) is 5.75 Å². The summed E-state index contributed by atoms with van der Waals surface area (Å²) in [6, 6.07) is 7.08. The van der Waals surface area contributed by atoms with E-state index in [-0.39, 0.29) is 5.78 Å². The molecule has 0 heterocycles. The van der Waals surface area contributed by atoms with Gasteiger partial charge in [0.05, 0.1) is 7.11 Å². The first kappa shape index (κ1) is 11.4. The van der Waals surface area contributed by atoms with E-state index < -0.39 is 0 Å². The number of allylic oxidation sites excluding steroid dienone is 6. The number of hydrogen-bond acceptors (Lipinski definition) is 2. The number of methoxy groups -OCH3 is 1. The van der Waals surface area contributed by atoms with Gasteiger partial charge < -0.3 is 4.74 Å². The molecule has 1 aliphatic carbocycles. The fraction of sp³-hybridized carbons (Fsp3) is 0.0667. The molecule has 0 amide bonds. The maximum absolute atomic E-state index is 11.8. The largest absolute Gasteiger partial charge is 0.497 e. The van der Waals surface area contributed by atoms with E-state index in [2.05, 4.69) is 0 Å². The Balaban J connectivity index is 2.03.